The van der Waals surface area contributed by atoms with Gasteiger partial charge in [-0.25, -0.2) is 9.80 Å². The lowest BCUT2D eigenvalue weighted by Crippen LogP contribution is -2.65. The molecule has 0 aliphatic carbocycles. The van der Waals surface area contributed by atoms with Crippen LogP contribution in [0, 0.1) is 6.92 Å². The summed E-state index contributed by atoms with van der Waals surface area (Å²) in [5.41, 5.74) is 2.71. The third-order valence-corrected chi connectivity index (χ3v) is 10.3. The Morgan fingerprint density at radius 2 is 1.80 bits per heavy atom. The van der Waals surface area contributed by atoms with Gasteiger partial charge in [0.2, 0.25) is 0 Å². The second-order valence-corrected chi connectivity index (χ2v) is 19.8. The van der Waals surface area contributed by atoms with Gasteiger partial charge in [0.05, 0.1) is 5.69 Å². The molecular weight excluding hydrogens is 538 g/mol. The van der Waals surface area contributed by atoms with Crippen molar-refractivity contribution in [3.63, 3.8) is 0 Å². The quantitative estimate of drug-likeness (QED) is 0.342. The Labute approximate surface area is 245 Å². The van der Waals surface area contributed by atoms with Gasteiger partial charge in [-0.15, -0.1) is 0 Å². The standard InChI is InChI=1S/C30H47N5O5Si/c1-21-17-25-24(35-22(2)27(36)34(31-26(35)19-39-25)20-38-15-16-41(6,7)8)18-23(21)33-14-11-30(33)9-12-32(13-10-30)28(37)40-29(3,4)5/h17-18,22H,9-16,19-20H2,1-8H3. The fourth-order valence-electron chi connectivity index (χ4n) is 6.12. The van der Waals surface area contributed by atoms with Gasteiger partial charge >= 0.3 is 6.09 Å². The summed E-state index contributed by atoms with van der Waals surface area (Å²) in [6.45, 7) is 20.1. The van der Waals surface area contributed by atoms with Gasteiger partial charge in [0.25, 0.3) is 5.91 Å². The smallest absolute Gasteiger partial charge is 0.410 e. The highest BCUT2D eigenvalue weighted by Gasteiger charge is 2.48. The molecule has 5 rings (SSSR count). The molecule has 2 saturated heterocycles. The van der Waals surface area contributed by atoms with Crippen molar-refractivity contribution in [2.24, 2.45) is 5.10 Å². The van der Waals surface area contributed by atoms with Gasteiger partial charge in [0.15, 0.2) is 5.84 Å². The van der Waals surface area contributed by atoms with E-state index in [4.69, 9.17) is 14.2 Å². The number of nitrogens with zero attached hydrogens (tertiary/aromatic N) is 5. The van der Waals surface area contributed by atoms with E-state index in [2.05, 4.69) is 48.7 Å². The second-order valence-electron chi connectivity index (χ2n) is 14.1. The van der Waals surface area contributed by atoms with Crippen LogP contribution in [0.3, 0.4) is 0 Å². The normalized spacial score (nSPS) is 22.1. The summed E-state index contributed by atoms with van der Waals surface area (Å²) < 4.78 is 17.6. The molecule has 2 fully saturated rings. The lowest BCUT2D eigenvalue weighted by Gasteiger charge is -2.58. The maximum absolute atomic E-state index is 13.4. The minimum Gasteiger partial charge on any atom is -0.483 e. The number of fused-ring (bicyclic) bond motifs is 3. The van der Waals surface area contributed by atoms with Crippen molar-refractivity contribution >= 4 is 37.3 Å². The number of carbonyl (C=O) groups excluding carboxylic acids is 2. The van der Waals surface area contributed by atoms with Crippen molar-refractivity contribution in [2.75, 3.05) is 49.4 Å². The molecule has 2 amide bonds. The highest BCUT2D eigenvalue weighted by Crippen LogP contribution is 2.48. The number of benzene rings is 1. The molecule has 4 aliphatic rings. The maximum Gasteiger partial charge on any atom is 0.410 e. The van der Waals surface area contributed by atoms with E-state index in [9.17, 15) is 9.59 Å². The first-order valence-electron chi connectivity index (χ1n) is 15.0. The summed E-state index contributed by atoms with van der Waals surface area (Å²) in [4.78, 5) is 32.4. The minimum absolute atomic E-state index is 0.0251. The summed E-state index contributed by atoms with van der Waals surface area (Å²) in [7, 11) is -1.21. The van der Waals surface area contributed by atoms with Crippen LogP contribution in [0.4, 0.5) is 16.2 Å². The number of amides is 2. The average molecular weight is 586 g/mol. The lowest BCUT2D eigenvalue weighted by molar-refractivity contribution is -0.138. The van der Waals surface area contributed by atoms with E-state index in [0.717, 1.165) is 60.4 Å². The van der Waals surface area contributed by atoms with E-state index >= 15 is 0 Å². The first-order valence-corrected chi connectivity index (χ1v) is 18.7. The van der Waals surface area contributed by atoms with Crippen LogP contribution in [0.25, 0.3) is 0 Å². The number of ether oxygens (including phenoxy) is 3. The van der Waals surface area contributed by atoms with Gasteiger partial charge in [0, 0.05) is 45.5 Å². The Morgan fingerprint density at radius 3 is 2.41 bits per heavy atom. The Hall–Kier alpha value is -2.79. The topological polar surface area (TPSA) is 87.2 Å². The molecule has 11 heteroatoms. The van der Waals surface area contributed by atoms with Crippen molar-refractivity contribution in [1.82, 2.24) is 9.91 Å². The van der Waals surface area contributed by atoms with E-state index in [1.54, 1.807) is 0 Å². The molecule has 0 saturated carbocycles. The van der Waals surface area contributed by atoms with Gasteiger partial charge in [-0.2, -0.15) is 5.10 Å². The molecule has 1 atom stereocenters. The van der Waals surface area contributed by atoms with E-state index < -0.39 is 19.7 Å². The number of piperidine rings is 1. The van der Waals surface area contributed by atoms with Crippen LogP contribution in [0.1, 0.15) is 52.5 Å². The molecule has 1 aromatic rings. The van der Waals surface area contributed by atoms with Gasteiger partial charge < -0.3 is 28.9 Å². The van der Waals surface area contributed by atoms with Gasteiger partial charge in [0.1, 0.15) is 30.7 Å². The number of anilines is 2. The van der Waals surface area contributed by atoms with Crippen molar-refractivity contribution in [2.45, 2.75) is 96.7 Å². The zero-order chi connectivity index (χ0) is 29.7. The van der Waals surface area contributed by atoms with E-state index in [-0.39, 0.29) is 24.3 Å². The van der Waals surface area contributed by atoms with Crippen LogP contribution in [-0.4, -0.2) is 92.6 Å². The van der Waals surface area contributed by atoms with Gasteiger partial charge in [-0.3, -0.25) is 4.79 Å². The zero-order valence-electron chi connectivity index (χ0n) is 26.1. The highest BCUT2D eigenvalue weighted by molar-refractivity contribution is 6.76. The van der Waals surface area contributed by atoms with Crippen LogP contribution in [0.5, 0.6) is 5.75 Å². The fourth-order valence-corrected chi connectivity index (χ4v) is 6.87. The molecule has 1 spiro atoms. The largest absolute Gasteiger partial charge is 0.483 e. The monoisotopic (exact) mass is 585 g/mol. The Bertz CT molecular complexity index is 1210. The predicted molar refractivity (Wildman–Crippen MR) is 164 cm³/mol. The van der Waals surface area contributed by atoms with Crippen LogP contribution >= 0.6 is 0 Å². The molecule has 0 radical (unpaired) electrons. The average Bonchev–Trinajstić information content (AvgIpc) is 2.87. The lowest BCUT2D eigenvalue weighted by atomic mass is 9.75. The summed E-state index contributed by atoms with van der Waals surface area (Å²) in [5.74, 6) is 1.42. The number of hydrazone groups is 1. The third kappa shape index (κ3) is 6.06. The first kappa shape index (κ1) is 29.7. The molecule has 0 N–H and O–H groups in total. The van der Waals surface area contributed by atoms with Crippen LogP contribution in [-0.2, 0) is 14.3 Å². The minimum atomic E-state index is -1.21. The number of carbonyl (C=O) groups is 2. The molecule has 1 aromatic carbocycles. The van der Waals surface area contributed by atoms with Crippen molar-refractivity contribution in [3.8, 4) is 5.75 Å². The summed E-state index contributed by atoms with van der Waals surface area (Å²) >= 11 is 0. The fraction of sp³-hybridized carbons (Fsp3) is 0.700. The molecule has 4 heterocycles. The second kappa shape index (κ2) is 10.8. The molecule has 10 nitrogen and oxygen atoms in total. The Kier molecular flexibility index (Phi) is 7.82. The molecule has 226 valence electrons. The SMILES string of the molecule is Cc1cc2c(cc1N1CCC13CCN(C(=O)OC(C)(C)C)CC3)N1C(=NN(COCC[Si](C)(C)C)C(=O)C1C)CO2. The maximum atomic E-state index is 13.4. The van der Waals surface area contributed by atoms with Gasteiger partial charge in [-0.05, 0) is 77.6 Å². The van der Waals surface area contributed by atoms with E-state index in [1.807, 2.05) is 37.5 Å². The Balaban J connectivity index is 1.31. The molecule has 0 bridgehead atoms. The molecular formula is C30H47N5O5Si. The number of hydrogen-bond acceptors (Lipinski definition) is 8. The number of rotatable bonds is 6. The zero-order valence-corrected chi connectivity index (χ0v) is 27.1. The number of likely N-dealkylation sites (tertiary alicyclic amines) is 1. The number of aryl methyl sites for hydroxylation is 1. The summed E-state index contributed by atoms with van der Waals surface area (Å²) in [5, 5.41) is 6.11. The van der Waals surface area contributed by atoms with Crippen LogP contribution in [0.15, 0.2) is 17.2 Å². The van der Waals surface area contributed by atoms with Crippen molar-refractivity contribution < 1.29 is 23.8 Å². The molecule has 4 aliphatic heterocycles. The molecule has 0 aromatic heterocycles. The first-order chi connectivity index (χ1) is 19.2. The Morgan fingerprint density at radius 1 is 1.12 bits per heavy atom. The molecule has 1 unspecified atom stereocenters. The van der Waals surface area contributed by atoms with Gasteiger partial charge in [-0.1, -0.05) is 19.6 Å². The third-order valence-electron chi connectivity index (χ3n) is 8.63. The number of amidine groups is 1. The van der Waals surface area contributed by atoms with E-state index in [1.165, 1.54) is 5.01 Å². The summed E-state index contributed by atoms with van der Waals surface area (Å²) in [6.07, 6.45) is 2.67. The number of hydrogen-bond donors (Lipinski definition) is 0. The predicted octanol–water partition coefficient (Wildman–Crippen LogP) is 5.03. The van der Waals surface area contributed by atoms with E-state index in [0.29, 0.717) is 26.3 Å². The van der Waals surface area contributed by atoms with Crippen LogP contribution in [0.2, 0.25) is 25.7 Å². The van der Waals surface area contributed by atoms with Crippen molar-refractivity contribution in [3.05, 3.63) is 17.7 Å². The van der Waals surface area contributed by atoms with Crippen molar-refractivity contribution in [1.29, 1.82) is 0 Å². The highest BCUT2D eigenvalue weighted by atomic mass is 28.3. The summed E-state index contributed by atoms with van der Waals surface area (Å²) in [6, 6.07) is 4.89. The van der Waals surface area contributed by atoms with Crippen LogP contribution < -0.4 is 14.5 Å². The molecule has 41 heavy (non-hydrogen) atoms.